The third-order valence-electron chi connectivity index (χ3n) is 3.89. The van der Waals surface area contributed by atoms with Gasteiger partial charge < -0.3 is 10.2 Å². The molecule has 0 saturated heterocycles. The Morgan fingerprint density at radius 1 is 1.06 bits per heavy atom. The molecule has 1 aliphatic rings. The topological polar surface area (TPSA) is 15.3 Å². The predicted octanol–water partition coefficient (Wildman–Crippen LogP) is 2.89. The molecular formula is C14H30N2. The van der Waals surface area contributed by atoms with Gasteiger partial charge in [-0.15, -0.1) is 0 Å². The van der Waals surface area contributed by atoms with Crippen LogP contribution in [0.3, 0.4) is 0 Å². The lowest BCUT2D eigenvalue weighted by Gasteiger charge is -2.28. The summed E-state index contributed by atoms with van der Waals surface area (Å²) in [6, 6.07) is 0.821. The molecule has 0 heterocycles. The molecule has 0 amide bonds. The van der Waals surface area contributed by atoms with Crippen molar-refractivity contribution in [2.24, 2.45) is 5.92 Å². The number of hydrogen-bond acceptors (Lipinski definition) is 2. The Kier molecular flexibility index (Phi) is 7.06. The van der Waals surface area contributed by atoms with Crippen molar-refractivity contribution in [3.8, 4) is 0 Å². The highest BCUT2D eigenvalue weighted by Gasteiger charge is 2.18. The molecule has 0 atom stereocenters. The van der Waals surface area contributed by atoms with Crippen molar-refractivity contribution in [2.45, 2.75) is 57.9 Å². The van der Waals surface area contributed by atoms with E-state index in [1.807, 2.05) is 0 Å². The Morgan fingerprint density at radius 2 is 1.75 bits per heavy atom. The van der Waals surface area contributed by atoms with Gasteiger partial charge in [0.1, 0.15) is 0 Å². The van der Waals surface area contributed by atoms with Crippen molar-refractivity contribution < 1.29 is 0 Å². The molecule has 0 aliphatic heterocycles. The second kappa shape index (κ2) is 8.08. The Hall–Kier alpha value is -0.0800. The molecule has 0 spiro atoms. The Labute approximate surface area is 102 Å². The molecule has 1 fully saturated rings. The molecule has 1 saturated carbocycles. The summed E-state index contributed by atoms with van der Waals surface area (Å²) in [4.78, 5) is 2.27. The first-order chi connectivity index (χ1) is 7.72. The Morgan fingerprint density at radius 3 is 2.31 bits per heavy atom. The number of nitrogens with one attached hydrogen (secondary N) is 1. The minimum atomic E-state index is 0.821. The number of nitrogens with zero attached hydrogens (tertiary/aromatic N) is 1. The normalized spacial score (nSPS) is 26.2. The van der Waals surface area contributed by atoms with Crippen molar-refractivity contribution in [1.82, 2.24) is 10.2 Å². The Balaban J connectivity index is 1.94. The molecule has 0 radical (unpaired) electrons. The molecule has 2 nitrogen and oxygen atoms in total. The fourth-order valence-corrected chi connectivity index (χ4v) is 2.63. The smallest absolute Gasteiger partial charge is 0.00672 e. The largest absolute Gasteiger partial charge is 0.314 e. The number of rotatable bonds is 7. The van der Waals surface area contributed by atoms with Gasteiger partial charge in [0.2, 0.25) is 0 Å². The summed E-state index contributed by atoms with van der Waals surface area (Å²) in [6.45, 7) is 4.78. The van der Waals surface area contributed by atoms with Gasteiger partial charge in [0.05, 0.1) is 0 Å². The highest BCUT2D eigenvalue weighted by Crippen LogP contribution is 2.26. The second-order valence-electron chi connectivity index (χ2n) is 5.59. The maximum Gasteiger partial charge on any atom is 0.00672 e. The monoisotopic (exact) mass is 226 g/mol. The van der Waals surface area contributed by atoms with Gasteiger partial charge in [-0.05, 0) is 71.6 Å². The molecule has 1 rings (SSSR count). The van der Waals surface area contributed by atoms with E-state index < -0.39 is 0 Å². The van der Waals surface area contributed by atoms with E-state index in [1.165, 1.54) is 58.0 Å². The summed E-state index contributed by atoms with van der Waals surface area (Å²) in [5, 5.41) is 3.72. The first-order valence-electron chi connectivity index (χ1n) is 7.10. The molecule has 0 aromatic heterocycles. The van der Waals surface area contributed by atoms with E-state index in [1.54, 1.807) is 0 Å². The van der Waals surface area contributed by atoms with Crippen LogP contribution >= 0.6 is 0 Å². The first kappa shape index (κ1) is 14.0. The fourth-order valence-electron chi connectivity index (χ4n) is 2.63. The van der Waals surface area contributed by atoms with Gasteiger partial charge in [0, 0.05) is 6.04 Å². The molecule has 0 bridgehead atoms. The van der Waals surface area contributed by atoms with Gasteiger partial charge in [-0.1, -0.05) is 13.3 Å². The number of hydrogen-bond donors (Lipinski definition) is 1. The van der Waals surface area contributed by atoms with Gasteiger partial charge in [0.25, 0.3) is 0 Å². The van der Waals surface area contributed by atoms with Gasteiger partial charge in [0.15, 0.2) is 0 Å². The summed E-state index contributed by atoms with van der Waals surface area (Å²) >= 11 is 0. The summed E-state index contributed by atoms with van der Waals surface area (Å²) in [6.07, 6.45) is 9.75. The van der Waals surface area contributed by atoms with Crippen LogP contribution in [0.5, 0.6) is 0 Å². The van der Waals surface area contributed by atoms with Crippen LogP contribution in [0.25, 0.3) is 0 Å². The summed E-state index contributed by atoms with van der Waals surface area (Å²) in [5.41, 5.74) is 0. The average Bonchev–Trinajstić information content (AvgIpc) is 2.29. The van der Waals surface area contributed by atoms with Crippen molar-refractivity contribution in [2.75, 3.05) is 27.2 Å². The van der Waals surface area contributed by atoms with Crippen molar-refractivity contribution in [1.29, 1.82) is 0 Å². The lowest BCUT2D eigenvalue weighted by Crippen LogP contribution is -2.33. The van der Waals surface area contributed by atoms with Gasteiger partial charge in [-0.2, -0.15) is 0 Å². The summed E-state index contributed by atoms with van der Waals surface area (Å²) < 4.78 is 0. The van der Waals surface area contributed by atoms with Crippen LogP contribution < -0.4 is 5.32 Å². The van der Waals surface area contributed by atoms with Crippen LogP contribution in [0.2, 0.25) is 0 Å². The van der Waals surface area contributed by atoms with Gasteiger partial charge in [-0.25, -0.2) is 0 Å². The molecule has 0 unspecified atom stereocenters. The van der Waals surface area contributed by atoms with Crippen molar-refractivity contribution in [3.63, 3.8) is 0 Å². The first-order valence-corrected chi connectivity index (χ1v) is 7.10. The molecule has 0 aromatic rings. The van der Waals surface area contributed by atoms with E-state index in [9.17, 15) is 0 Å². The highest BCUT2D eigenvalue weighted by molar-refractivity contribution is 4.76. The van der Waals surface area contributed by atoms with Crippen LogP contribution in [0.15, 0.2) is 0 Å². The van der Waals surface area contributed by atoms with E-state index in [-0.39, 0.29) is 0 Å². The van der Waals surface area contributed by atoms with Crippen molar-refractivity contribution in [3.05, 3.63) is 0 Å². The van der Waals surface area contributed by atoms with Crippen LogP contribution in [-0.2, 0) is 0 Å². The predicted molar refractivity (Wildman–Crippen MR) is 71.8 cm³/mol. The molecular weight excluding hydrogens is 196 g/mol. The Bertz CT molecular complexity index is 160. The highest BCUT2D eigenvalue weighted by atomic mass is 15.0. The molecule has 1 aliphatic carbocycles. The standard InChI is InChI=1S/C14H30N2/c1-4-13-7-9-14(10-8-13)15-11-5-6-12-16(2)3/h13-15H,4-12H2,1-3H3. The van der Waals surface area contributed by atoms with Crippen molar-refractivity contribution >= 4 is 0 Å². The minimum Gasteiger partial charge on any atom is -0.314 e. The van der Waals surface area contributed by atoms with Gasteiger partial charge in [-0.3, -0.25) is 0 Å². The van der Waals surface area contributed by atoms with E-state index in [0.29, 0.717) is 0 Å². The van der Waals surface area contributed by atoms with Crippen LogP contribution in [-0.4, -0.2) is 38.1 Å². The third kappa shape index (κ3) is 5.86. The minimum absolute atomic E-state index is 0.821. The lowest BCUT2D eigenvalue weighted by molar-refractivity contribution is 0.284. The van der Waals surface area contributed by atoms with E-state index in [4.69, 9.17) is 0 Å². The molecule has 96 valence electrons. The molecule has 16 heavy (non-hydrogen) atoms. The fraction of sp³-hybridized carbons (Fsp3) is 1.00. The maximum atomic E-state index is 3.72. The number of unbranched alkanes of at least 4 members (excludes halogenated alkanes) is 1. The summed E-state index contributed by atoms with van der Waals surface area (Å²) in [7, 11) is 4.30. The van der Waals surface area contributed by atoms with E-state index in [2.05, 4.69) is 31.2 Å². The zero-order valence-electron chi connectivity index (χ0n) is 11.5. The zero-order chi connectivity index (χ0) is 11.8. The van der Waals surface area contributed by atoms with E-state index >= 15 is 0 Å². The molecule has 1 N–H and O–H groups in total. The molecule has 2 heteroatoms. The molecule has 0 aromatic carbocycles. The zero-order valence-corrected chi connectivity index (χ0v) is 11.5. The van der Waals surface area contributed by atoms with Crippen LogP contribution in [0, 0.1) is 5.92 Å². The second-order valence-corrected chi connectivity index (χ2v) is 5.59. The lowest BCUT2D eigenvalue weighted by atomic mass is 9.84. The third-order valence-corrected chi connectivity index (χ3v) is 3.89. The average molecular weight is 226 g/mol. The van der Waals surface area contributed by atoms with Crippen LogP contribution in [0.1, 0.15) is 51.9 Å². The van der Waals surface area contributed by atoms with Gasteiger partial charge >= 0.3 is 0 Å². The maximum absolute atomic E-state index is 3.72. The quantitative estimate of drug-likeness (QED) is 0.672. The summed E-state index contributed by atoms with van der Waals surface area (Å²) in [5.74, 6) is 1.02. The van der Waals surface area contributed by atoms with E-state index in [0.717, 1.165) is 12.0 Å². The van der Waals surface area contributed by atoms with Crippen LogP contribution in [0.4, 0.5) is 0 Å². The SMILES string of the molecule is CCC1CCC(NCCCCN(C)C)CC1.